The molecule has 17 heavy (non-hydrogen) atoms. The molecule has 1 aromatic heterocycles. The molecule has 2 atom stereocenters. The van der Waals surface area contributed by atoms with Crippen molar-refractivity contribution < 1.29 is 4.79 Å². The summed E-state index contributed by atoms with van der Waals surface area (Å²) < 4.78 is 1.79. The molecule has 1 heterocycles. The zero-order valence-electron chi connectivity index (χ0n) is 10.00. The van der Waals surface area contributed by atoms with Crippen molar-refractivity contribution in [3.63, 3.8) is 0 Å². The number of nitrogens with one attached hydrogen (secondary N) is 1. The van der Waals surface area contributed by atoms with E-state index in [4.69, 9.17) is 5.73 Å². The topological polar surface area (TPSA) is 72.9 Å². The van der Waals surface area contributed by atoms with Crippen LogP contribution < -0.4 is 11.1 Å². The highest BCUT2D eigenvalue weighted by atomic mass is 35.5. The van der Waals surface area contributed by atoms with Gasteiger partial charge in [-0.2, -0.15) is 5.10 Å². The van der Waals surface area contributed by atoms with Gasteiger partial charge in [-0.3, -0.25) is 9.48 Å². The van der Waals surface area contributed by atoms with Crippen molar-refractivity contribution in [2.75, 3.05) is 6.54 Å². The van der Waals surface area contributed by atoms with Gasteiger partial charge >= 0.3 is 0 Å². The van der Waals surface area contributed by atoms with Gasteiger partial charge in [0.1, 0.15) is 0 Å². The van der Waals surface area contributed by atoms with E-state index < -0.39 is 0 Å². The SMILES string of the molecule is CC(Cn1cccn1)NC(=O)C(C)CN.Cl.Cl. The highest BCUT2D eigenvalue weighted by Gasteiger charge is 2.13. The second kappa shape index (κ2) is 9.27. The molecule has 2 unspecified atom stereocenters. The Morgan fingerprint density at radius 2 is 2.12 bits per heavy atom. The zero-order valence-corrected chi connectivity index (χ0v) is 11.6. The van der Waals surface area contributed by atoms with Crippen molar-refractivity contribution in [2.45, 2.75) is 26.4 Å². The molecule has 0 saturated carbocycles. The average Bonchev–Trinajstić information content (AvgIpc) is 2.68. The van der Waals surface area contributed by atoms with Crippen LogP contribution >= 0.6 is 24.8 Å². The van der Waals surface area contributed by atoms with Crippen LogP contribution in [0, 0.1) is 5.92 Å². The first kappa shape index (κ1) is 18.6. The van der Waals surface area contributed by atoms with E-state index in [9.17, 15) is 4.79 Å². The van der Waals surface area contributed by atoms with Crippen molar-refractivity contribution >= 4 is 30.7 Å². The fraction of sp³-hybridized carbons (Fsp3) is 0.600. The van der Waals surface area contributed by atoms with Crippen molar-refractivity contribution in [1.82, 2.24) is 15.1 Å². The summed E-state index contributed by atoms with van der Waals surface area (Å²) in [6.07, 6.45) is 3.59. The Morgan fingerprint density at radius 1 is 1.47 bits per heavy atom. The van der Waals surface area contributed by atoms with E-state index in [1.54, 1.807) is 10.9 Å². The average molecular weight is 283 g/mol. The van der Waals surface area contributed by atoms with Crippen LogP contribution in [0.15, 0.2) is 18.5 Å². The highest BCUT2D eigenvalue weighted by molar-refractivity contribution is 5.85. The number of rotatable bonds is 5. The molecule has 1 aromatic rings. The maximum absolute atomic E-state index is 11.5. The number of aromatic nitrogens is 2. The summed E-state index contributed by atoms with van der Waals surface area (Å²) in [6.45, 7) is 4.81. The monoisotopic (exact) mass is 282 g/mol. The summed E-state index contributed by atoms with van der Waals surface area (Å²) in [5.41, 5.74) is 5.41. The van der Waals surface area contributed by atoms with Gasteiger partial charge in [-0.25, -0.2) is 0 Å². The predicted molar refractivity (Wildman–Crippen MR) is 72.5 cm³/mol. The lowest BCUT2D eigenvalue weighted by atomic mass is 10.1. The third-order valence-electron chi connectivity index (χ3n) is 2.21. The van der Waals surface area contributed by atoms with Crippen LogP contribution in [-0.2, 0) is 11.3 Å². The molecule has 100 valence electrons. The minimum Gasteiger partial charge on any atom is -0.352 e. The fourth-order valence-electron chi connectivity index (χ4n) is 1.23. The van der Waals surface area contributed by atoms with E-state index in [-0.39, 0.29) is 42.7 Å². The molecule has 5 nitrogen and oxygen atoms in total. The van der Waals surface area contributed by atoms with Gasteiger partial charge in [0.05, 0.1) is 6.54 Å². The van der Waals surface area contributed by atoms with E-state index in [0.29, 0.717) is 13.1 Å². The molecule has 0 aromatic carbocycles. The summed E-state index contributed by atoms with van der Waals surface area (Å²) >= 11 is 0. The smallest absolute Gasteiger partial charge is 0.224 e. The van der Waals surface area contributed by atoms with Crippen LogP contribution in [0.4, 0.5) is 0 Å². The maximum Gasteiger partial charge on any atom is 0.224 e. The number of hydrogen-bond donors (Lipinski definition) is 2. The summed E-state index contributed by atoms with van der Waals surface area (Å²) in [4.78, 5) is 11.5. The number of carbonyl (C=O) groups is 1. The molecule has 0 aliphatic rings. The first-order chi connectivity index (χ1) is 7.13. The Labute approximate surface area is 114 Å². The lowest BCUT2D eigenvalue weighted by Crippen LogP contribution is -2.40. The largest absolute Gasteiger partial charge is 0.352 e. The van der Waals surface area contributed by atoms with Crippen LogP contribution in [0.2, 0.25) is 0 Å². The summed E-state index contributed by atoms with van der Waals surface area (Å²) in [7, 11) is 0. The molecule has 1 amide bonds. The lowest BCUT2D eigenvalue weighted by molar-refractivity contribution is -0.124. The quantitative estimate of drug-likeness (QED) is 0.840. The summed E-state index contributed by atoms with van der Waals surface area (Å²) in [5, 5.41) is 6.96. The third kappa shape index (κ3) is 6.51. The molecular formula is C10H20Cl2N4O. The van der Waals surface area contributed by atoms with E-state index in [0.717, 1.165) is 0 Å². The lowest BCUT2D eigenvalue weighted by Gasteiger charge is -2.16. The van der Waals surface area contributed by atoms with E-state index in [1.165, 1.54) is 0 Å². The van der Waals surface area contributed by atoms with Crippen LogP contribution in [0.3, 0.4) is 0 Å². The molecule has 0 aliphatic carbocycles. The molecule has 1 rings (SSSR count). The number of hydrogen-bond acceptors (Lipinski definition) is 3. The van der Waals surface area contributed by atoms with Crippen molar-refractivity contribution in [3.8, 4) is 0 Å². The third-order valence-corrected chi connectivity index (χ3v) is 2.21. The maximum atomic E-state index is 11.5. The van der Waals surface area contributed by atoms with Crippen molar-refractivity contribution in [2.24, 2.45) is 11.7 Å². The standard InChI is InChI=1S/C10H18N4O.2ClH/c1-8(6-11)10(15)13-9(2)7-14-5-3-4-12-14;;/h3-5,8-9H,6-7,11H2,1-2H3,(H,13,15);2*1H. The normalized spacial score (nSPS) is 12.9. The molecule has 3 N–H and O–H groups in total. The van der Waals surface area contributed by atoms with Crippen LogP contribution in [-0.4, -0.2) is 28.3 Å². The Bertz CT molecular complexity index is 305. The fourth-order valence-corrected chi connectivity index (χ4v) is 1.23. The number of carbonyl (C=O) groups excluding carboxylic acids is 1. The van der Waals surface area contributed by atoms with Gasteiger partial charge < -0.3 is 11.1 Å². The van der Waals surface area contributed by atoms with E-state index in [1.807, 2.05) is 26.1 Å². The van der Waals surface area contributed by atoms with Gasteiger partial charge in [0.2, 0.25) is 5.91 Å². The highest BCUT2D eigenvalue weighted by Crippen LogP contribution is 1.95. The molecule has 0 fully saturated rings. The van der Waals surface area contributed by atoms with Crippen LogP contribution in [0.5, 0.6) is 0 Å². The number of nitrogens with zero attached hydrogens (tertiary/aromatic N) is 2. The van der Waals surface area contributed by atoms with Gasteiger partial charge in [-0.05, 0) is 13.0 Å². The second-order valence-corrected chi connectivity index (χ2v) is 3.77. The van der Waals surface area contributed by atoms with Gasteiger partial charge in [-0.15, -0.1) is 24.8 Å². The Hall–Kier alpha value is -0.780. The zero-order chi connectivity index (χ0) is 11.3. The second-order valence-electron chi connectivity index (χ2n) is 3.77. The molecule has 0 radical (unpaired) electrons. The molecule has 7 heteroatoms. The predicted octanol–water partition coefficient (Wildman–Crippen LogP) is 0.826. The molecular weight excluding hydrogens is 263 g/mol. The molecule has 0 saturated heterocycles. The van der Waals surface area contributed by atoms with Crippen LogP contribution in [0.25, 0.3) is 0 Å². The summed E-state index contributed by atoms with van der Waals surface area (Å²) in [6, 6.07) is 1.92. The van der Waals surface area contributed by atoms with Gasteiger partial charge in [0.25, 0.3) is 0 Å². The number of amides is 1. The first-order valence-corrected chi connectivity index (χ1v) is 5.11. The van der Waals surface area contributed by atoms with Crippen molar-refractivity contribution in [3.05, 3.63) is 18.5 Å². The van der Waals surface area contributed by atoms with Crippen LogP contribution in [0.1, 0.15) is 13.8 Å². The minimum absolute atomic E-state index is 0. The molecule has 0 spiro atoms. The van der Waals surface area contributed by atoms with E-state index >= 15 is 0 Å². The molecule has 0 bridgehead atoms. The van der Waals surface area contributed by atoms with Gasteiger partial charge in [0, 0.05) is 30.9 Å². The Balaban J connectivity index is 0. The number of nitrogens with two attached hydrogens (primary N) is 1. The first-order valence-electron chi connectivity index (χ1n) is 5.11. The Kier molecular flexibility index (Phi) is 10.1. The van der Waals surface area contributed by atoms with E-state index in [2.05, 4.69) is 10.4 Å². The van der Waals surface area contributed by atoms with Gasteiger partial charge in [0.15, 0.2) is 0 Å². The molecule has 0 aliphatic heterocycles. The van der Waals surface area contributed by atoms with Gasteiger partial charge in [-0.1, -0.05) is 6.92 Å². The summed E-state index contributed by atoms with van der Waals surface area (Å²) in [5.74, 6) is -0.137. The van der Waals surface area contributed by atoms with Crippen molar-refractivity contribution in [1.29, 1.82) is 0 Å². The minimum atomic E-state index is -0.134. The Morgan fingerprint density at radius 3 is 2.59 bits per heavy atom. The number of halogens is 2.